The molecule has 0 aliphatic heterocycles. The molecule has 0 aromatic heterocycles. The van der Waals surface area contributed by atoms with Crippen molar-refractivity contribution >= 4 is 5.91 Å². The number of amides is 1. The van der Waals surface area contributed by atoms with E-state index >= 15 is 0 Å². The van der Waals surface area contributed by atoms with Crippen LogP contribution in [0.1, 0.15) is 25.5 Å². The Bertz CT molecular complexity index is 379. The second-order valence-corrected chi connectivity index (χ2v) is 3.85. The van der Waals surface area contributed by atoms with Crippen LogP contribution in [0.5, 0.6) is 5.75 Å². The SMILES string of the molecule is COc1ccccc1C(C)NC(=O)C(C)OC. The molecule has 1 amide bonds. The van der Waals surface area contributed by atoms with E-state index < -0.39 is 6.10 Å². The van der Waals surface area contributed by atoms with Crippen LogP contribution in [0, 0.1) is 0 Å². The first kappa shape index (κ1) is 13.5. The maximum absolute atomic E-state index is 11.7. The lowest BCUT2D eigenvalue weighted by Gasteiger charge is -2.19. The Morgan fingerprint density at radius 3 is 2.47 bits per heavy atom. The predicted molar refractivity (Wildman–Crippen MR) is 66.0 cm³/mol. The van der Waals surface area contributed by atoms with Crippen LogP contribution in [0.15, 0.2) is 24.3 Å². The second-order valence-electron chi connectivity index (χ2n) is 3.85. The van der Waals surface area contributed by atoms with E-state index in [0.29, 0.717) is 0 Å². The number of nitrogens with one attached hydrogen (secondary N) is 1. The summed E-state index contributed by atoms with van der Waals surface area (Å²) in [5.74, 6) is 0.635. The molecule has 0 heterocycles. The van der Waals surface area contributed by atoms with Gasteiger partial charge in [0.15, 0.2) is 0 Å². The van der Waals surface area contributed by atoms with Crippen LogP contribution < -0.4 is 10.1 Å². The summed E-state index contributed by atoms with van der Waals surface area (Å²) >= 11 is 0. The summed E-state index contributed by atoms with van der Waals surface area (Å²) in [6, 6.07) is 7.50. The monoisotopic (exact) mass is 237 g/mol. The largest absolute Gasteiger partial charge is 0.496 e. The highest BCUT2D eigenvalue weighted by atomic mass is 16.5. The number of para-hydroxylation sites is 1. The fourth-order valence-corrected chi connectivity index (χ4v) is 1.54. The molecular formula is C13H19NO3. The quantitative estimate of drug-likeness (QED) is 0.851. The molecule has 2 unspecified atom stereocenters. The maximum atomic E-state index is 11.7. The van der Waals surface area contributed by atoms with Crippen molar-refractivity contribution in [3.8, 4) is 5.75 Å². The molecule has 0 saturated heterocycles. The molecule has 94 valence electrons. The van der Waals surface area contributed by atoms with Crippen molar-refractivity contribution in [2.24, 2.45) is 0 Å². The van der Waals surface area contributed by atoms with E-state index in [1.807, 2.05) is 31.2 Å². The summed E-state index contributed by atoms with van der Waals surface area (Å²) < 4.78 is 10.2. The van der Waals surface area contributed by atoms with Crippen LogP contribution in [0.25, 0.3) is 0 Å². The van der Waals surface area contributed by atoms with Gasteiger partial charge >= 0.3 is 0 Å². The number of methoxy groups -OCH3 is 2. The molecule has 0 aliphatic carbocycles. The van der Waals surface area contributed by atoms with Gasteiger partial charge in [-0.25, -0.2) is 0 Å². The first-order valence-electron chi connectivity index (χ1n) is 5.56. The van der Waals surface area contributed by atoms with Gasteiger partial charge in [-0.1, -0.05) is 18.2 Å². The Kier molecular flexibility index (Phi) is 4.97. The number of carbonyl (C=O) groups excluding carboxylic acids is 1. The zero-order valence-electron chi connectivity index (χ0n) is 10.7. The number of hydrogen-bond donors (Lipinski definition) is 1. The zero-order chi connectivity index (χ0) is 12.8. The van der Waals surface area contributed by atoms with Crippen molar-refractivity contribution in [1.82, 2.24) is 5.32 Å². The summed E-state index contributed by atoms with van der Waals surface area (Å²) in [5.41, 5.74) is 0.951. The van der Waals surface area contributed by atoms with Crippen molar-refractivity contribution in [1.29, 1.82) is 0 Å². The van der Waals surface area contributed by atoms with E-state index in [4.69, 9.17) is 9.47 Å². The van der Waals surface area contributed by atoms with Gasteiger partial charge in [-0.05, 0) is 19.9 Å². The Hall–Kier alpha value is -1.55. The summed E-state index contributed by atoms with van der Waals surface area (Å²) in [4.78, 5) is 11.7. The highest BCUT2D eigenvalue weighted by molar-refractivity contribution is 5.80. The van der Waals surface area contributed by atoms with Gasteiger partial charge in [0, 0.05) is 12.7 Å². The zero-order valence-corrected chi connectivity index (χ0v) is 10.7. The summed E-state index contributed by atoms with van der Waals surface area (Å²) in [6.07, 6.45) is -0.452. The van der Waals surface area contributed by atoms with Crippen molar-refractivity contribution in [3.63, 3.8) is 0 Å². The van der Waals surface area contributed by atoms with E-state index in [-0.39, 0.29) is 11.9 Å². The van der Waals surface area contributed by atoms with Crippen LogP contribution in [0.4, 0.5) is 0 Å². The first-order chi connectivity index (χ1) is 8.10. The number of ether oxygens (including phenoxy) is 2. The van der Waals surface area contributed by atoms with E-state index in [1.165, 1.54) is 7.11 Å². The normalized spacial score (nSPS) is 13.9. The maximum Gasteiger partial charge on any atom is 0.249 e. The molecule has 17 heavy (non-hydrogen) atoms. The molecular weight excluding hydrogens is 218 g/mol. The molecule has 0 aliphatic rings. The van der Waals surface area contributed by atoms with E-state index in [9.17, 15) is 4.79 Å². The van der Waals surface area contributed by atoms with E-state index in [0.717, 1.165) is 11.3 Å². The standard InChI is InChI=1S/C13H19NO3/c1-9(14-13(15)10(2)16-3)11-7-5-6-8-12(11)17-4/h5-10H,1-4H3,(H,14,15). The van der Waals surface area contributed by atoms with Crippen LogP contribution >= 0.6 is 0 Å². The first-order valence-corrected chi connectivity index (χ1v) is 5.56. The molecule has 2 atom stereocenters. The Balaban J connectivity index is 2.76. The molecule has 0 bridgehead atoms. The van der Waals surface area contributed by atoms with Gasteiger partial charge in [-0.3, -0.25) is 4.79 Å². The average Bonchev–Trinajstić information content (AvgIpc) is 2.37. The Morgan fingerprint density at radius 2 is 1.88 bits per heavy atom. The highest BCUT2D eigenvalue weighted by Gasteiger charge is 2.17. The molecule has 1 rings (SSSR count). The minimum Gasteiger partial charge on any atom is -0.496 e. The fourth-order valence-electron chi connectivity index (χ4n) is 1.54. The van der Waals surface area contributed by atoms with Crippen LogP contribution in [-0.4, -0.2) is 26.2 Å². The number of benzene rings is 1. The fraction of sp³-hybridized carbons (Fsp3) is 0.462. The molecule has 4 nitrogen and oxygen atoms in total. The van der Waals surface area contributed by atoms with Gasteiger partial charge in [-0.2, -0.15) is 0 Å². The Labute approximate surface area is 102 Å². The average molecular weight is 237 g/mol. The van der Waals surface area contributed by atoms with Gasteiger partial charge in [0.2, 0.25) is 5.91 Å². The number of hydrogen-bond acceptors (Lipinski definition) is 3. The third-order valence-electron chi connectivity index (χ3n) is 2.69. The van der Waals surface area contributed by atoms with E-state index in [2.05, 4.69) is 5.32 Å². The lowest BCUT2D eigenvalue weighted by molar-refractivity contribution is -0.130. The van der Waals surface area contributed by atoms with Gasteiger partial charge in [0.1, 0.15) is 11.9 Å². The molecule has 4 heteroatoms. The Morgan fingerprint density at radius 1 is 1.24 bits per heavy atom. The van der Waals surface area contributed by atoms with Crippen molar-refractivity contribution in [2.75, 3.05) is 14.2 Å². The lowest BCUT2D eigenvalue weighted by atomic mass is 10.1. The van der Waals surface area contributed by atoms with Gasteiger partial charge in [0.25, 0.3) is 0 Å². The minimum atomic E-state index is -0.452. The molecule has 0 radical (unpaired) electrons. The van der Waals surface area contributed by atoms with Crippen LogP contribution in [-0.2, 0) is 9.53 Å². The smallest absolute Gasteiger partial charge is 0.249 e. The van der Waals surface area contributed by atoms with Crippen LogP contribution in [0.3, 0.4) is 0 Å². The second kappa shape index (κ2) is 6.25. The molecule has 0 fully saturated rings. The molecule has 0 saturated carbocycles. The summed E-state index contributed by atoms with van der Waals surface area (Å²) in [5, 5.41) is 2.88. The van der Waals surface area contributed by atoms with Crippen LogP contribution in [0.2, 0.25) is 0 Å². The third-order valence-corrected chi connectivity index (χ3v) is 2.69. The van der Waals surface area contributed by atoms with Gasteiger partial charge < -0.3 is 14.8 Å². The minimum absolute atomic E-state index is 0.115. The number of rotatable bonds is 5. The van der Waals surface area contributed by atoms with Crippen molar-refractivity contribution < 1.29 is 14.3 Å². The molecule has 1 N–H and O–H groups in total. The third kappa shape index (κ3) is 3.46. The lowest BCUT2D eigenvalue weighted by Crippen LogP contribution is -2.35. The van der Waals surface area contributed by atoms with Crippen molar-refractivity contribution in [2.45, 2.75) is 26.0 Å². The number of carbonyl (C=O) groups is 1. The molecule has 1 aromatic carbocycles. The van der Waals surface area contributed by atoms with Crippen molar-refractivity contribution in [3.05, 3.63) is 29.8 Å². The van der Waals surface area contributed by atoms with Gasteiger partial charge in [0.05, 0.1) is 13.2 Å². The van der Waals surface area contributed by atoms with Gasteiger partial charge in [-0.15, -0.1) is 0 Å². The highest BCUT2D eigenvalue weighted by Crippen LogP contribution is 2.24. The summed E-state index contributed by atoms with van der Waals surface area (Å²) in [6.45, 7) is 3.63. The molecule has 1 aromatic rings. The molecule has 0 spiro atoms. The summed E-state index contributed by atoms with van der Waals surface area (Å²) in [7, 11) is 3.13. The predicted octanol–water partition coefficient (Wildman–Crippen LogP) is 1.91. The topological polar surface area (TPSA) is 47.6 Å². The van der Waals surface area contributed by atoms with E-state index in [1.54, 1.807) is 14.0 Å².